The van der Waals surface area contributed by atoms with E-state index in [4.69, 9.17) is 4.74 Å². The molecule has 0 amide bonds. The largest absolute Gasteiger partial charge is 0.504 e. The number of carbonyl (C=O) groups is 1. The number of rotatable bonds is 5. The van der Waals surface area contributed by atoms with Gasteiger partial charge in [-0.25, -0.2) is 4.98 Å². The van der Waals surface area contributed by atoms with Crippen molar-refractivity contribution in [3.8, 4) is 11.5 Å². The van der Waals surface area contributed by atoms with E-state index in [2.05, 4.69) is 24.9 Å². The second-order valence-corrected chi connectivity index (χ2v) is 6.40. The van der Waals surface area contributed by atoms with Crippen molar-refractivity contribution < 1.29 is 14.6 Å². The Balaban J connectivity index is 1.79. The van der Waals surface area contributed by atoms with Gasteiger partial charge in [0.25, 0.3) is 0 Å². The van der Waals surface area contributed by atoms with Crippen LogP contribution < -0.4 is 4.74 Å². The Kier molecular flexibility index (Phi) is 5.12. The topological polar surface area (TPSA) is 64.3 Å². The molecule has 5 heteroatoms. The first-order valence-corrected chi connectivity index (χ1v) is 8.60. The zero-order valence-electron chi connectivity index (χ0n) is 15.9. The summed E-state index contributed by atoms with van der Waals surface area (Å²) in [6.45, 7) is 4.11. The summed E-state index contributed by atoms with van der Waals surface area (Å²) in [5, 5.41) is 9.78. The third kappa shape index (κ3) is 3.77. The SMILES string of the molecule is COc1ccc(/C=C/C(=O)/C=C/c2nc3c(C)c(C)ccc3n2C)cc1O. The highest BCUT2D eigenvalue weighted by molar-refractivity contribution is 6.04. The zero-order valence-corrected chi connectivity index (χ0v) is 15.9. The Labute approximate surface area is 158 Å². The van der Waals surface area contributed by atoms with Crippen LogP contribution in [0, 0.1) is 13.8 Å². The predicted octanol–water partition coefficient (Wildman–Crippen LogP) is 4.20. The molecule has 0 radical (unpaired) electrons. The van der Waals surface area contributed by atoms with Gasteiger partial charge in [0, 0.05) is 7.05 Å². The summed E-state index contributed by atoms with van der Waals surface area (Å²) in [7, 11) is 3.42. The normalized spacial score (nSPS) is 11.7. The molecule has 3 rings (SSSR count). The van der Waals surface area contributed by atoms with E-state index in [1.54, 1.807) is 30.4 Å². The minimum absolute atomic E-state index is 0.0352. The molecule has 3 aromatic rings. The summed E-state index contributed by atoms with van der Waals surface area (Å²) >= 11 is 0. The second kappa shape index (κ2) is 7.50. The minimum atomic E-state index is -0.162. The third-order valence-corrected chi connectivity index (χ3v) is 4.65. The molecule has 1 N–H and O–H groups in total. The molecule has 1 heterocycles. The maximum Gasteiger partial charge on any atom is 0.178 e. The number of nitrogens with zero attached hydrogens (tertiary/aromatic N) is 2. The molecule has 0 aliphatic heterocycles. The van der Waals surface area contributed by atoms with E-state index < -0.39 is 0 Å². The second-order valence-electron chi connectivity index (χ2n) is 6.40. The van der Waals surface area contributed by atoms with Crippen molar-refractivity contribution in [2.75, 3.05) is 7.11 Å². The average Bonchev–Trinajstić information content (AvgIpc) is 2.98. The molecule has 0 bridgehead atoms. The van der Waals surface area contributed by atoms with Crippen molar-refractivity contribution in [3.05, 3.63) is 65.0 Å². The lowest BCUT2D eigenvalue weighted by Crippen LogP contribution is -1.92. The summed E-state index contributed by atoms with van der Waals surface area (Å²) in [6.07, 6.45) is 6.31. The van der Waals surface area contributed by atoms with Crippen molar-refractivity contribution in [3.63, 3.8) is 0 Å². The van der Waals surface area contributed by atoms with E-state index in [9.17, 15) is 9.90 Å². The number of aromatic hydroxyl groups is 1. The number of fused-ring (bicyclic) bond motifs is 1. The van der Waals surface area contributed by atoms with Crippen LogP contribution in [0.2, 0.25) is 0 Å². The van der Waals surface area contributed by atoms with Gasteiger partial charge in [-0.2, -0.15) is 0 Å². The summed E-state index contributed by atoms with van der Waals surface area (Å²) < 4.78 is 6.97. The van der Waals surface area contributed by atoms with Crippen LogP contribution in [0.15, 0.2) is 42.5 Å². The highest BCUT2D eigenvalue weighted by Gasteiger charge is 2.09. The molecule has 27 heavy (non-hydrogen) atoms. The molecule has 0 unspecified atom stereocenters. The van der Waals surface area contributed by atoms with Gasteiger partial charge in [0.05, 0.1) is 18.1 Å². The fourth-order valence-corrected chi connectivity index (χ4v) is 2.86. The molecule has 0 saturated heterocycles. The summed E-state index contributed by atoms with van der Waals surface area (Å²) in [6, 6.07) is 9.08. The number of carbonyl (C=O) groups excluding carboxylic acids is 1. The quantitative estimate of drug-likeness (QED) is 0.691. The van der Waals surface area contributed by atoms with Gasteiger partial charge in [0.15, 0.2) is 17.3 Å². The fourth-order valence-electron chi connectivity index (χ4n) is 2.86. The molecule has 0 aliphatic rings. The number of ketones is 1. The monoisotopic (exact) mass is 362 g/mol. The van der Waals surface area contributed by atoms with Gasteiger partial charge in [0.2, 0.25) is 0 Å². The summed E-state index contributed by atoms with van der Waals surface area (Å²) in [5.74, 6) is 0.992. The van der Waals surface area contributed by atoms with E-state index in [0.717, 1.165) is 22.4 Å². The van der Waals surface area contributed by atoms with Crippen LogP contribution >= 0.6 is 0 Å². The minimum Gasteiger partial charge on any atom is -0.504 e. The highest BCUT2D eigenvalue weighted by atomic mass is 16.5. The van der Waals surface area contributed by atoms with Gasteiger partial charge in [-0.15, -0.1) is 0 Å². The molecule has 5 nitrogen and oxygen atoms in total. The molecule has 2 aromatic carbocycles. The van der Waals surface area contributed by atoms with Crippen LogP contribution in [0.1, 0.15) is 22.5 Å². The fraction of sp³-hybridized carbons (Fsp3) is 0.182. The predicted molar refractivity (Wildman–Crippen MR) is 108 cm³/mol. The van der Waals surface area contributed by atoms with E-state index in [1.165, 1.54) is 24.8 Å². The third-order valence-electron chi connectivity index (χ3n) is 4.65. The molecule has 138 valence electrons. The number of phenols is 1. The summed E-state index contributed by atoms with van der Waals surface area (Å²) in [4.78, 5) is 16.8. The molecular weight excluding hydrogens is 340 g/mol. The number of phenolic OH excluding ortho intramolecular Hbond substituents is 1. The van der Waals surface area contributed by atoms with Crippen LogP contribution in [0.4, 0.5) is 0 Å². The van der Waals surface area contributed by atoms with Crippen molar-refractivity contribution in [2.45, 2.75) is 13.8 Å². The van der Waals surface area contributed by atoms with E-state index in [1.807, 2.05) is 17.7 Å². The van der Waals surface area contributed by atoms with Crippen LogP contribution in [-0.2, 0) is 11.8 Å². The maximum atomic E-state index is 12.1. The van der Waals surface area contributed by atoms with Crippen molar-refractivity contribution in [1.29, 1.82) is 0 Å². The Bertz CT molecular complexity index is 1070. The Morgan fingerprint density at radius 1 is 1.15 bits per heavy atom. The van der Waals surface area contributed by atoms with Crippen molar-refractivity contribution >= 4 is 29.0 Å². The summed E-state index contributed by atoms with van der Waals surface area (Å²) in [5.41, 5.74) is 5.04. The number of benzene rings is 2. The molecule has 0 aliphatic carbocycles. The first-order valence-electron chi connectivity index (χ1n) is 8.60. The molecular formula is C22H22N2O3. The van der Waals surface area contributed by atoms with Gasteiger partial charge in [-0.3, -0.25) is 4.79 Å². The molecule has 0 fully saturated rings. The number of allylic oxidation sites excluding steroid dienone is 2. The van der Waals surface area contributed by atoms with Crippen LogP contribution in [0.5, 0.6) is 11.5 Å². The van der Waals surface area contributed by atoms with Crippen molar-refractivity contribution in [1.82, 2.24) is 9.55 Å². The number of ether oxygens (including phenoxy) is 1. The van der Waals surface area contributed by atoms with Gasteiger partial charge in [-0.1, -0.05) is 18.2 Å². The lowest BCUT2D eigenvalue weighted by molar-refractivity contribution is -0.110. The lowest BCUT2D eigenvalue weighted by atomic mass is 10.1. The van der Waals surface area contributed by atoms with E-state index >= 15 is 0 Å². The Hall–Kier alpha value is -3.34. The van der Waals surface area contributed by atoms with E-state index in [0.29, 0.717) is 11.3 Å². The number of methoxy groups -OCH3 is 1. The highest BCUT2D eigenvalue weighted by Crippen LogP contribution is 2.26. The number of aromatic nitrogens is 2. The molecule has 0 spiro atoms. The van der Waals surface area contributed by atoms with Crippen LogP contribution in [0.25, 0.3) is 23.2 Å². The number of hydrogen-bond donors (Lipinski definition) is 1. The van der Waals surface area contributed by atoms with Crippen LogP contribution in [-0.4, -0.2) is 27.6 Å². The number of imidazole rings is 1. The first-order chi connectivity index (χ1) is 12.9. The lowest BCUT2D eigenvalue weighted by Gasteiger charge is -2.02. The van der Waals surface area contributed by atoms with Gasteiger partial charge >= 0.3 is 0 Å². The molecule has 1 aromatic heterocycles. The molecule has 0 saturated carbocycles. The van der Waals surface area contributed by atoms with Gasteiger partial charge in [-0.05, 0) is 67.0 Å². The average molecular weight is 362 g/mol. The van der Waals surface area contributed by atoms with E-state index in [-0.39, 0.29) is 11.5 Å². The zero-order chi connectivity index (χ0) is 19.6. The number of aryl methyl sites for hydroxylation is 3. The smallest absolute Gasteiger partial charge is 0.178 e. The number of hydrogen-bond acceptors (Lipinski definition) is 4. The first kappa shape index (κ1) is 18.5. The Morgan fingerprint density at radius 3 is 2.59 bits per heavy atom. The van der Waals surface area contributed by atoms with Gasteiger partial charge < -0.3 is 14.4 Å². The Morgan fingerprint density at radius 2 is 1.89 bits per heavy atom. The maximum absolute atomic E-state index is 12.1. The van der Waals surface area contributed by atoms with Crippen molar-refractivity contribution in [2.24, 2.45) is 7.05 Å². The standard InChI is InChI=1S/C22H22N2O3/c1-14-5-10-18-22(15(14)2)23-21(24(18)3)12-9-17(25)8-6-16-7-11-20(27-4)19(26)13-16/h5-13,26H,1-4H3/b8-6+,12-9+. The molecule has 0 atom stereocenters. The van der Waals surface area contributed by atoms with Gasteiger partial charge in [0.1, 0.15) is 5.82 Å². The van der Waals surface area contributed by atoms with Crippen LogP contribution in [0.3, 0.4) is 0 Å².